The van der Waals surface area contributed by atoms with Gasteiger partial charge in [-0.15, -0.1) is 0 Å². The maximum atomic E-state index is 12.4. The number of methoxy groups -OCH3 is 4. The van der Waals surface area contributed by atoms with Gasteiger partial charge in [0, 0.05) is 23.5 Å². The Hall–Kier alpha value is -3.90. The van der Waals surface area contributed by atoms with Crippen LogP contribution >= 0.6 is 11.6 Å². The van der Waals surface area contributed by atoms with Crippen LogP contribution in [0.1, 0.15) is 21.5 Å². The van der Waals surface area contributed by atoms with Crippen molar-refractivity contribution in [3.05, 3.63) is 88.6 Å². The highest BCUT2D eigenvalue weighted by molar-refractivity contribution is 6.32. The predicted octanol–water partition coefficient (Wildman–Crippen LogP) is 6.35. The van der Waals surface area contributed by atoms with E-state index >= 15 is 0 Å². The lowest BCUT2D eigenvalue weighted by molar-refractivity contribution is 0.104. The average molecular weight is 480 g/mol. The Labute approximate surface area is 204 Å². The van der Waals surface area contributed by atoms with E-state index in [0.717, 1.165) is 16.8 Å². The Morgan fingerprint density at radius 2 is 1.47 bits per heavy atom. The zero-order chi connectivity index (χ0) is 24.5. The third kappa shape index (κ3) is 6.11. The van der Waals surface area contributed by atoms with Crippen molar-refractivity contribution in [3.8, 4) is 23.0 Å². The maximum absolute atomic E-state index is 12.4. The second kappa shape index (κ2) is 11.8. The molecule has 0 unspecified atom stereocenters. The number of hydrogen-bond donors (Lipinski definition) is 1. The molecule has 0 amide bonds. The second-order valence-corrected chi connectivity index (χ2v) is 7.52. The van der Waals surface area contributed by atoms with Crippen molar-refractivity contribution in [3.63, 3.8) is 0 Å². The van der Waals surface area contributed by atoms with Gasteiger partial charge in [-0.2, -0.15) is 0 Å². The van der Waals surface area contributed by atoms with Crippen LogP contribution in [0.25, 0.3) is 12.2 Å². The highest BCUT2D eigenvalue weighted by Crippen LogP contribution is 2.38. The highest BCUT2D eigenvalue weighted by Gasteiger charge is 2.12. The smallest absolute Gasteiger partial charge is 0.203 e. The maximum Gasteiger partial charge on any atom is 0.203 e. The molecule has 0 spiro atoms. The van der Waals surface area contributed by atoms with E-state index in [0.29, 0.717) is 33.6 Å². The summed E-state index contributed by atoms with van der Waals surface area (Å²) in [5, 5.41) is 3.51. The molecule has 0 saturated heterocycles. The van der Waals surface area contributed by atoms with E-state index in [1.54, 1.807) is 45.7 Å². The normalized spacial score (nSPS) is 11.0. The van der Waals surface area contributed by atoms with Gasteiger partial charge in [-0.3, -0.25) is 4.79 Å². The van der Waals surface area contributed by atoms with Crippen molar-refractivity contribution in [2.75, 3.05) is 33.8 Å². The molecule has 3 aromatic rings. The Balaban J connectivity index is 1.70. The molecule has 1 N–H and O–H groups in total. The Kier molecular flexibility index (Phi) is 8.60. The molecule has 0 aliphatic rings. The largest absolute Gasteiger partial charge is 0.495 e. The Morgan fingerprint density at radius 3 is 2.09 bits per heavy atom. The lowest BCUT2D eigenvalue weighted by Crippen LogP contribution is -1.97. The monoisotopic (exact) mass is 479 g/mol. The average Bonchev–Trinajstić information content (AvgIpc) is 2.86. The molecule has 0 radical (unpaired) electrons. The summed E-state index contributed by atoms with van der Waals surface area (Å²) in [6, 6.07) is 16.5. The summed E-state index contributed by atoms with van der Waals surface area (Å²) in [5.74, 6) is 2.08. The quantitative estimate of drug-likeness (QED) is 0.207. The molecule has 0 fully saturated rings. The first kappa shape index (κ1) is 24.7. The van der Waals surface area contributed by atoms with Crippen molar-refractivity contribution < 1.29 is 23.7 Å². The van der Waals surface area contributed by atoms with Crippen LogP contribution in [-0.2, 0) is 0 Å². The molecule has 0 aromatic heterocycles. The third-order valence-corrected chi connectivity index (χ3v) is 5.26. The number of ketones is 1. The number of nitrogens with one attached hydrogen (secondary N) is 1. The summed E-state index contributed by atoms with van der Waals surface area (Å²) in [4.78, 5) is 12.4. The molecule has 176 valence electrons. The fourth-order valence-electron chi connectivity index (χ4n) is 3.25. The zero-order valence-electron chi connectivity index (χ0n) is 19.4. The van der Waals surface area contributed by atoms with Gasteiger partial charge in [-0.25, -0.2) is 0 Å². The van der Waals surface area contributed by atoms with Crippen LogP contribution in [0.3, 0.4) is 0 Å². The summed E-state index contributed by atoms with van der Waals surface area (Å²) >= 11 is 6.10. The molecule has 0 aliphatic heterocycles. The Morgan fingerprint density at radius 1 is 0.794 bits per heavy atom. The molecule has 0 atom stereocenters. The van der Waals surface area contributed by atoms with E-state index in [1.165, 1.54) is 13.2 Å². The van der Waals surface area contributed by atoms with E-state index < -0.39 is 0 Å². The van der Waals surface area contributed by atoms with Crippen molar-refractivity contribution in [2.45, 2.75) is 0 Å². The summed E-state index contributed by atoms with van der Waals surface area (Å²) in [6.45, 7) is 0. The van der Waals surface area contributed by atoms with Crippen LogP contribution in [0.4, 0.5) is 5.69 Å². The number of anilines is 1. The number of allylic oxidation sites excluding steroid dienone is 1. The predicted molar refractivity (Wildman–Crippen MR) is 137 cm³/mol. The number of halogens is 1. The van der Waals surface area contributed by atoms with Gasteiger partial charge in [0.25, 0.3) is 0 Å². The third-order valence-electron chi connectivity index (χ3n) is 4.96. The van der Waals surface area contributed by atoms with Crippen molar-refractivity contribution in [1.82, 2.24) is 0 Å². The van der Waals surface area contributed by atoms with Gasteiger partial charge < -0.3 is 24.3 Å². The number of benzene rings is 3. The van der Waals surface area contributed by atoms with E-state index in [4.69, 9.17) is 30.5 Å². The highest BCUT2D eigenvalue weighted by atomic mass is 35.5. The topological polar surface area (TPSA) is 66.0 Å². The minimum absolute atomic E-state index is 0.171. The van der Waals surface area contributed by atoms with Crippen LogP contribution in [0.2, 0.25) is 5.02 Å². The van der Waals surface area contributed by atoms with Crippen LogP contribution in [0.5, 0.6) is 23.0 Å². The van der Waals surface area contributed by atoms with Gasteiger partial charge in [0.05, 0.1) is 33.5 Å². The fourth-order valence-corrected chi connectivity index (χ4v) is 3.51. The molecule has 0 aliphatic carbocycles. The molecule has 0 heterocycles. The molecule has 0 bridgehead atoms. The van der Waals surface area contributed by atoms with Gasteiger partial charge in [0.15, 0.2) is 17.3 Å². The number of rotatable bonds is 10. The van der Waals surface area contributed by atoms with Gasteiger partial charge >= 0.3 is 0 Å². The van der Waals surface area contributed by atoms with E-state index in [-0.39, 0.29) is 5.78 Å². The van der Waals surface area contributed by atoms with Crippen molar-refractivity contribution >= 4 is 35.2 Å². The van der Waals surface area contributed by atoms with Gasteiger partial charge in [0.2, 0.25) is 5.75 Å². The molecule has 6 nitrogen and oxygen atoms in total. The second-order valence-electron chi connectivity index (χ2n) is 7.11. The van der Waals surface area contributed by atoms with E-state index in [2.05, 4.69) is 5.32 Å². The first-order valence-corrected chi connectivity index (χ1v) is 10.8. The minimum atomic E-state index is -0.171. The van der Waals surface area contributed by atoms with E-state index in [1.807, 2.05) is 48.6 Å². The first-order chi connectivity index (χ1) is 16.5. The summed E-state index contributed by atoms with van der Waals surface area (Å²) in [6.07, 6.45) is 6.98. The van der Waals surface area contributed by atoms with Gasteiger partial charge in [-0.05, 0) is 53.6 Å². The molecule has 0 saturated carbocycles. The fraction of sp³-hybridized carbons (Fsp3) is 0.148. The van der Waals surface area contributed by atoms with Gasteiger partial charge in [0.1, 0.15) is 5.75 Å². The number of ether oxygens (including phenoxy) is 4. The van der Waals surface area contributed by atoms with E-state index in [9.17, 15) is 4.79 Å². The zero-order valence-corrected chi connectivity index (χ0v) is 20.2. The molecule has 34 heavy (non-hydrogen) atoms. The lowest BCUT2D eigenvalue weighted by Gasteiger charge is -2.12. The summed E-state index contributed by atoms with van der Waals surface area (Å²) < 4.78 is 21.3. The molecule has 3 rings (SSSR count). The molecular weight excluding hydrogens is 454 g/mol. The molecular formula is C27H26ClNO5. The van der Waals surface area contributed by atoms with Crippen LogP contribution in [0, 0.1) is 0 Å². The number of carbonyl (C=O) groups is 1. The van der Waals surface area contributed by atoms with Crippen molar-refractivity contribution in [1.29, 1.82) is 0 Å². The standard InChI is InChI=1S/C27H26ClNO5/c1-31-24-11-10-20(17-22(24)28)23(30)12-13-29-21-7-5-6-18(14-21)8-9-19-15-25(32-2)27(34-4)26(16-19)33-3/h5-17,29H,1-4H3. The van der Waals surface area contributed by atoms with Crippen LogP contribution < -0.4 is 24.3 Å². The lowest BCUT2D eigenvalue weighted by atomic mass is 10.1. The summed E-state index contributed by atoms with van der Waals surface area (Å²) in [7, 11) is 6.27. The SMILES string of the molecule is COc1ccc(C(=O)C=CNc2cccc(C=Cc3cc(OC)c(OC)c(OC)c3)c2)cc1Cl. The molecule has 3 aromatic carbocycles. The first-order valence-electron chi connectivity index (χ1n) is 10.4. The number of hydrogen-bond acceptors (Lipinski definition) is 6. The Bertz CT molecular complexity index is 1190. The number of carbonyl (C=O) groups excluding carboxylic acids is 1. The van der Waals surface area contributed by atoms with Gasteiger partial charge in [-0.1, -0.05) is 35.9 Å². The van der Waals surface area contributed by atoms with Crippen LogP contribution in [-0.4, -0.2) is 34.2 Å². The van der Waals surface area contributed by atoms with Crippen LogP contribution in [0.15, 0.2) is 66.9 Å². The van der Waals surface area contributed by atoms with Crippen molar-refractivity contribution in [2.24, 2.45) is 0 Å². The minimum Gasteiger partial charge on any atom is -0.495 e. The summed E-state index contributed by atoms with van der Waals surface area (Å²) in [5.41, 5.74) is 3.19. The molecule has 7 heteroatoms.